The van der Waals surface area contributed by atoms with Gasteiger partial charge in [0.15, 0.2) is 0 Å². The fourth-order valence-electron chi connectivity index (χ4n) is 3.51. The van der Waals surface area contributed by atoms with E-state index in [4.69, 9.17) is 10.5 Å². The highest BCUT2D eigenvalue weighted by atomic mass is 16.5. The molecule has 0 radical (unpaired) electrons. The highest BCUT2D eigenvalue weighted by molar-refractivity contribution is 4.88. The van der Waals surface area contributed by atoms with Gasteiger partial charge in [-0.15, -0.1) is 0 Å². The smallest absolute Gasteiger partial charge is 0.0497 e. The van der Waals surface area contributed by atoms with Crippen LogP contribution >= 0.6 is 0 Å². The van der Waals surface area contributed by atoms with E-state index in [-0.39, 0.29) is 0 Å². The molecule has 4 atom stereocenters. The predicted octanol–water partition coefficient (Wildman–Crippen LogP) is 2.81. The molecule has 0 aromatic carbocycles. The van der Waals surface area contributed by atoms with E-state index in [9.17, 15) is 0 Å². The average molecular weight is 225 g/mol. The van der Waals surface area contributed by atoms with Gasteiger partial charge in [0.1, 0.15) is 0 Å². The summed E-state index contributed by atoms with van der Waals surface area (Å²) in [5.74, 6) is 3.18. The Morgan fingerprint density at radius 2 is 2.00 bits per heavy atom. The van der Waals surface area contributed by atoms with E-state index in [2.05, 4.69) is 13.8 Å². The SMILES string of the molecule is CC(C)C1CCC(N)C(C2CCCOC2)C1. The second-order valence-electron chi connectivity index (χ2n) is 6.12. The van der Waals surface area contributed by atoms with Crippen LogP contribution in [0.25, 0.3) is 0 Å². The van der Waals surface area contributed by atoms with Gasteiger partial charge in [0, 0.05) is 19.3 Å². The quantitative estimate of drug-likeness (QED) is 0.784. The van der Waals surface area contributed by atoms with Crippen molar-refractivity contribution in [2.24, 2.45) is 29.4 Å². The van der Waals surface area contributed by atoms with Crippen molar-refractivity contribution in [1.29, 1.82) is 0 Å². The molecule has 2 fully saturated rings. The van der Waals surface area contributed by atoms with E-state index in [1.54, 1.807) is 0 Å². The van der Waals surface area contributed by atoms with Gasteiger partial charge in [-0.25, -0.2) is 0 Å². The van der Waals surface area contributed by atoms with E-state index in [1.807, 2.05) is 0 Å². The van der Waals surface area contributed by atoms with Crippen molar-refractivity contribution in [2.75, 3.05) is 13.2 Å². The standard InChI is InChI=1S/C14H27NO/c1-10(2)11-5-6-14(15)13(8-11)12-4-3-7-16-9-12/h10-14H,3-9,15H2,1-2H3. The summed E-state index contributed by atoms with van der Waals surface area (Å²) >= 11 is 0. The van der Waals surface area contributed by atoms with Gasteiger partial charge in [-0.2, -0.15) is 0 Å². The number of hydrogen-bond acceptors (Lipinski definition) is 2. The molecule has 4 unspecified atom stereocenters. The molecule has 0 aromatic heterocycles. The third-order valence-electron chi connectivity index (χ3n) is 4.74. The second-order valence-corrected chi connectivity index (χ2v) is 6.12. The van der Waals surface area contributed by atoms with E-state index in [0.29, 0.717) is 6.04 Å². The molecule has 1 saturated heterocycles. The highest BCUT2D eigenvalue weighted by Crippen LogP contribution is 2.39. The molecule has 94 valence electrons. The Labute approximate surface area is 99.9 Å². The summed E-state index contributed by atoms with van der Waals surface area (Å²) in [6, 6.07) is 0.432. The Bertz CT molecular complexity index is 211. The molecule has 2 heteroatoms. The normalized spacial score (nSPS) is 41.2. The van der Waals surface area contributed by atoms with Gasteiger partial charge in [-0.05, 0) is 55.8 Å². The number of rotatable bonds is 2. The van der Waals surface area contributed by atoms with Gasteiger partial charge in [-0.1, -0.05) is 13.8 Å². The molecule has 1 aliphatic heterocycles. The van der Waals surface area contributed by atoms with Gasteiger partial charge < -0.3 is 10.5 Å². The van der Waals surface area contributed by atoms with Crippen LogP contribution in [0.1, 0.15) is 46.0 Å². The van der Waals surface area contributed by atoms with Gasteiger partial charge >= 0.3 is 0 Å². The summed E-state index contributed by atoms with van der Waals surface area (Å²) in [6.45, 7) is 6.64. The van der Waals surface area contributed by atoms with Crippen LogP contribution in [0.5, 0.6) is 0 Å². The van der Waals surface area contributed by atoms with E-state index >= 15 is 0 Å². The molecule has 16 heavy (non-hydrogen) atoms. The third kappa shape index (κ3) is 2.78. The molecule has 2 N–H and O–H groups in total. The first-order chi connectivity index (χ1) is 7.68. The van der Waals surface area contributed by atoms with E-state index in [0.717, 1.165) is 36.9 Å². The Morgan fingerprint density at radius 1 is 1.19 bits per heavy atom. The highest BCUT2D eigenvalue weighted by Gasteiger charge is 2.35. The summed E-state index contributed by atoms with van der Waals surface area (Å²) in [5.41, 5.74) is 6.32. The Hall–Kier alpha value is -0.0800. The Balaban J connectivity index is 1.94. The third-order valence-corrected chi connectivity index (χ3v) is 4.74. The maximum atomic E-state index is 6.32. The van der Waals surface area contributed by atoms with Crippen molar-refractivity contribution in [3.05, 3.63) is 0 Å². The first-order valence-electron chi connectivity index (χ1n) is 7.01. The zero-order chi connectivity index (χ0) is 11.5. The molecule has 1 heterocycles. The van der Waals surface area contributed by atoms with Gasteiger partial charge in [0.25, 0.3) is 0 Å². The minimum atomic E-state index is 0.432. The van der Waals surface area contributed by atoms with E-state index in [1.165, 1.54) is 32.1 Å². The lowest BCUT2D eigenvalue weighted by Crippen LogP contribution is -2.43. The number of ether oxygens (including phenoxy) is 1. The van der Waals surface area contributed by atoms with Crippen molar-refractivity contribution in [1.82, 2.24) is 0 Å². The van der Waals surface area contributed by atoms with Crippen molar-refractivity contribution < 1.29 is 4.74 Å². The van der Waals surface area contributed by atoms with Crippen LogP contribution in [0, 0.1) is 23.7 Å². The molecule has 2 rings (SSSR count). The summed E-state index contributed by atoms with van der Waals surface area (Å²) in [6.07, 6.45) is 6.48. The summed E-state index contributed by atoms with van der Waals surface area (Å²) < 4.78 is 5.62. The van der Waals surface area contributed by atoms with E-state index < -0.39 is 0 Å². The van der Waals surface area contributed by atoms with Crippen molar-refractivity contribution in [3.63, 3.8) is 0 Å². The number of hydrogen-bond donors (Lipinski definition) is 1. The zero-order valence-electron chi connectivity index (χ0n) is 10.8. The molecule has 1 saturated carbocycles. The molecular formula is C14H27NO. The topological polar surface area (TPSA) is 35.2 Å². The van der Waals surface area contributed by atoms with Crippen LogP contribution in [-0.4, -0.2) is 19.3 Å². The van der Waals surface area contributed by atoms with Crippen LogP contribution in [0.15, 0.2) is 0 Å². The fourth-order valence-corrected chi connectivity index (χ4v) is 3.51. The van der Waals surface area contributed by atoms with Crippen molar-refractivity contribution >= 4 is 0 Å². The van der Waals surface area contributed by atoms with Gasteiger partial charge in [-0.3, -0.25) is 0 Å². The van der Waals surface area contributed by atoms with Crippen LogP contribution in [-0.2, 0) is 4.74 Å². The summed E-state index contributed by atoms with van der Waals surface area (Å²) in [4.78, 5) is 0. The van der Waals surface area contributed by atoms with Crippen molar-refractivity contribution in [3.8, 4) is 0 Å². The first kappa shape index (κ1) is 12.4. The van der Waals surface area contributed by atoms with Crippen LogP contribution in [0.2, 0.25) is 0 Å². The zero-order valence-corrected chi connectivity index (χ0v) is 10.8. The lowest BCUT2D eigenvalue weighted by molar-refractivity contribution is 0.00695. The summed E-state index contributed by atoms with van der Waals surface area (Å²) in [7, 11) is 0. The van der Waals surface area contributed by atoms with Gasteiger partial charge in [0.2, 0.25) is 0 Å². The van der Waals surface area contributed by atoms with Crippen LogP contribution in [0.3, 0.4) is 0 Å². The average Bonchev–Trinajstić information content (AvgIpc) is 2.30. The Kier molecular flexibility index (Phi) is 4.26. The minimum absolute atomic E-state index is 0.432. The molecule has 1 aliphatic carbocycles. The molecule has 0 aromatic rings. The maximum absolute atomic E-state index is 6.32. The first-order valence-corrected chi connectivity index (χ1v) is 7.01. The monoisotopic (exact) mass is 225 g/mol. The van der Waals surface area contributed by atoms with Crippen LogP contribution in [0.4, 0.5) is 0 Å². The molecular weight excluding hydrogens is 198 g/mol. The minimum Gasteiger partial charge on any atom is -0.381 e. The molecule has 2 aliphatic rings. The molecule has 2 nitrogen and oxygen atoms in total. The molecule has 0 bridgehead atoms. The molecule has 0 amide bonds. The fraction of sp³-hybridized carbons (Fsp3) is 1.00. The predicted molar refractivity (Wildman–Crippen MR) is 67.2 cm³/mol. The largest absolute Gasteiger partial charge is 0.381 e. The maximum Gasteiger partial charge on any atom is 0.0497 e. The summed E-state index contributed by atoms with van der Waals surface area (Å²) in [5, 5.41) is 0. The number of nitrogens with two attached hydrogens (primary N) is 1. The lowest BCUT2D eigenvalue weighted by Gasteiger charge is -2.41. The van der Waals surface area contributed by atoms with Crippen molar-refractivity contribution in [2.45, 2.75) is 52.0 Å². The van der Waals surface area contributed by atoms with Gasteiger partial charge in [0.05, 0.1) is 0 Å². The second kappa shape index (κ2) is 5.50. The Morgan fingerprint density at radius 3 is 2.62 bits per heavy atom. The van der Waals surface area contributed by atoms with Crippen LogP contribution < -0.4 is 5.73 Å². The lowest BCUT2D eigenvalue weighted by atomic mass is 9.68. The molecule has 0 spiro atoms.